The van der Waals surface area contributed by atoms with Crippen molar-refractivity contribution in [1.29, 1.82) is 5.41 Å². The van der Waals surface area contributed by atoms with Crippen molar-refractivity contribution in [3.8, 4) is 0 Å². The van der Waals surface area contributed by atoms with Crippen LogP contribution in [0.15, 0.2) is 0 Å². The lowest BCUT2D eigenvalue weighted by Gasteiger charge is -2.40. The van der Waals surface area contributed by atoms with Crippen LogP contribution >= 0.6 is 0 Å². The normalized spacial score (nSPS) is 24.6. The van der Waals surface area contributed by atoms with Gasteiger partial charge < -0.3 is 9.64 Å². The third kappa shape index (κ3) is 3.05. The highest BCUT2D eigenvalue weighted by Crippen LogP contribution is 2.33. The molecule has 0 atom stereocenters. The van der Waals surface area contributed by atoms with E-state index in [9.17, 15) is 0 Å². The molecule has 2 rings (SSSR count). The van der Waals surface area contributed by atoms with Crippen molar-refractivity contribution < 1.29 is 4.74 Å². The molecule has 104 valence electrons. The average Bonchev–Trinajstić information content (AvgIpc) is 2.66. The maximum Gasteiger partial charge on any atom is 0.129 e. The fourth-order valence-corrected chi connectivity index (χ4v) is 3.43. The summed E-state index contributed by atoms with van der Waals surface area (Å²) in [6.45, 7) is 4.92. The van der Waals surface area contributed by atoms with Crippen molar-refractivity contribution in [3.63, 3.8) is 0 Å². The van der Waals surface area contributed by atoms with Gasteiger partial charge in [0.1, 0.15) is 11.4 Å². The topological polar surface area (TPSA) is 36.3 Å². The molecule has 2 aliphatic rings. The molecule has 0 bridgehead atoms. The molecule has 0 radical (unpaired) electrons. The summed E-state index contributed by atoms with van der Waals surface area (Å²) in [5.41, 5.74) is -0.261. The first-order chi connectivity index (χ1) is 8.78. The second-order valence-electron chi connectivity index (χ2n) is 5.74. The van der Waals surface area contributed by atoms with Gasteiger partial charge in [-0.15, -0.1) is 0 Å². The highest BCUT2D eigenvalue weighted by atomic mass is 16.5. The van der Waals surface area contributed by atoms with E-state index in [1.807, 2.05) is 0 Å². The predicted molar refractivity (Wildman–Crippen MR) is 75.2 cm³/mol. The summed E-state index contributed by atoms with van der Waals surface area (Å²) in [6, 6.07) is 0. The second-order valence-corrected chi connectivity index (χ2v) is 5.74. The van der Waals surface area contributed by atoms with Gasteiger partial charge >= 0.3 is 0 Å². The number of nitrogens with one attached hydrogen (secondary N) is 1. The predicted octanol–water partition coefficient (Wildman–Crippen LogP) is 3.58. The zero-order valence-electron chi connectivity index (χ0n) is 11.8. The molecule has 1 saturated carbocycles. The Kier molecular flexibility index (Phi) is 5.04. The lowest BCUT2D eigenvalue weighted by Crippen LogP contribution is -2.51. The van der Waals surface area contributed by atoms with Crippen LogP contribution in [0.2, 0.25) is 0 Å². The van der Waals surface area contributed by atoms with Crippen molar-refractivity contribution in [1.82, 2.24) is 4.90 Å². The van der Waals surface area contributed by atoms with E-state index in [2.05, 4.69) is 11.8 Å². The molecule has 1 heterocycles. The molecule has 1 N–H and O–H groups in total. The van der Waals surface area contributed by atoms with Gasteiger partial charge in [0.15, 0.2) is 0 Å². The zero-order valence-corrected chi connectivity index (χ0v) is 11.8. The Morgan fingerprint density at radius 2 is 1.56 bits per heavy atom. The average molecular weight is 252 g/mol. The van der Waals surface area contributed by atoms with Crippen molar-refractivity contribution in [2.75, 3.05) is 19.7 Å². The first-order valence-corrected chi connectivity index (χ1v) is 7.76. The van der Waals surface area contributed by atoms with Gasteiger partial charge in [0.05, 0.1) is 0 Å². The molecule has 0 unspecified atom stereocenters. The van der Waals surface area contributed by atoms with Crippen LogP contribution in [0.4, 0.5) is 0 Å². The van der Waals surface area contributed by atoms with Crippen molar-refractivity contribution in [3.05, 3.63) is 0 Å². The standard InChI is InChI=1S/C15H28N2O/c1-2-18-15(10-6-3-4-7-11-15)14(16)17-12-8-5-9-13-17/h16H,2-13H2,1H3. The molecular weight excluding hydrogens is 224 g/mol. The van der Waals surface area contributed by atoms with E-state index in [0.717, 1.165) is 38.4 Å². The van der Waals surface area contributed by atoms with Crippen LogP contribution in [0.5, 0.6) is 0 Å². The largest absolute Gasteiger partial charge is 0.367 e. The summed E-state index contributed by atoms with van der Waals surface area (Å²) in [6.07, 6.45) is 11.0. The molecule has 0 aromatic rings. The van der Waals surface area contributed by atoms with Crippen molar-refractivity contribution >= 4 is 5.84 Å². The monoisotopic (exact) mass is 252 g/mol. The van der Waals surface area contributed by atoms with E-state index in [4.69, 9.17) is 10.1 Å². The van der Waals surface area contributed by atoms with E-state index < -0.39 is 0 Å². The minimum absolute atomic E-state index is 0.261. The molecule has 3 nitrogen and oxygen atoms in total. The van der Waals surface area contributed by atoms with Crippen LogP contribution in [-0.2, 0) is 4.74 Å². The molecule has 0 aromatic carbocycles. The minimum atomic E-state index is -0.261. The third-order valence-electron chi connectivity index (χ3n) is 4.44. The van der Waals surface area contributed by atoms with Crippen LogP contribution in [0, 0.1) is 5.41 Å². The second kappa shape index (κ2) is 6.55. The summed E-state index contributed by atoms with van der Waals surface area (Å²) < 4.78 is 6.10. The molecule has 0 aromatic heterocycles. The molecule has 0 spiro atoms. The minimum Gasteiger partial charge on any atom is -0.367 e. The summed E-state index contributed by atoms with van der Waals surface area (Å²) >= 11 is 0. The Hall–Kier alpha value is -0.570. The van der Waals surface area contributed by atoms with Crippen LogP contribution in [0.25, 0.3) is 0 Å². The van der Waals surface area contributed by atoms with Gasteiger partial charge in [0, 0.05) is 19.7 Å². The highest BCUT2D eigenvalue weighted by molar-refractivity contribution is 5.88. The fraction of sp³-hybridized carbons (Fsp3) is 0.933. The van der Waals surface area contributed by atoms with E-state index in [1.165, 1.54) is 44.9 Å². The fourth-order valence-electron chi connectivity index (χ4n) is 3.43. The van der Waals surface area contributed by atoms with Crippen LogP contribution in [0.1, 0.15) is 64.7 Å². The molecule has 1 saturated heterocycles. The number of hydrogen-bond donors (Lipinski definition) is 1. The lowest BCUT2D eigenvalue weighted by atomic mass is 9.91. The molecule has 1 aliphatic heterocycles. The number of piperidine rings is 1. The van der Waals surface area contributed by atoms with Crippen LogP contribution < -0.4 is 0 Å². The van der Waals surface area contributed by atoms with E-state index >= 15 is 0 Å². The number of nitrogens with zero attached hydrogens (tertiary/aromatic N) is 1. The molecule has 1 aliphatic carbocycles. The van der Waals surface area contributed by atoms with E-state index in [-0.39, 0.29) is 5.60 Å². The number of rotatable bonds is 3. The summed E-state index contributed by atoms with van der Waals surface area (Å²) in [7, 11) is 0. The van der Waals surface area contributed by atoms with Crippen LogP contribution in [0.3, 0.4) is 0 Å². The van der Waals surface area contributed by atoms with Crippen molar-refractivity contribution in [2.24, 2.45) is 0 Å². The molecule has 0 amide bonds. The Labute approximate surface area is 111 Å². The summed E-state index contributed by atoms with van der Waals surface area (Å²) in [5, 5.41) is 8.63. The Morgan fingerprint density at radius 3 is 2.11 bits per heavy atom. The number of amidine groups is 1. The van der Waals surface area contributed by atoms with Gasteiger partial charge in [0.2, 0.25) is 0 Å². The zero-order chi connectivity index (χ0) is 12.8. The van der Waals surface area contributed by atoms with Gasteiger partial charge in [-0.2, -0.15) is 0 Å². The number of ether oxygens (including phenoxy) is 1. The third-order valence-corrected chi connectivity index (χ3v) is 4.44. The Bertz CT molecular complexity index is 264. The van der Waals surface area contributed by atoms with E-state index in [0.29, 0.717) is 0 Å². The van der Waals surface area contributed by atoms with Crippen LogP contribution in [-0.4, -0.2) is 36.0 Å². The molecule has 3 heteroatoms. The molecule has 2 fully saturated rings. The Morgan fingerprint density at radius 1 is 1.00 bits per heavy atom. The first-order valence-electron chi connectivity index (χ1n) is 7.76. The number of likely N-dealkylation sites (tertiary alicyclic amines) is 1. The number of hydrogen-bond acceptors (Lipinski definition) is 2. The molecular formula is C15H28N2O. The summed E-state index contributed by atoms with van der Waals surface area (Å²) in [4.78, 5) is 2.28. The SMILES string of the molecule is CCOC1(C(=N)N2CCCCC2)CCCCCC1. The van der Waals surface area contributed by atoms with Gasteiger partial charge in [-0.1, -0.05) is 25.7 Å². The molecule has 18 heavy (non-hydrogen) atoms. The summed E-state index contributed by atoms with van der Waals surface area (Å²) in [5.74, 6) is 0.783. The lowest BCUT2D eigenvalue weighted by molar-refractivity contribution is -0.00643. The van der Waals surface area contributed by atoms with Crippen molar-refractivity contribution in [2.45, 2.75) is 70.3 Å². The first kappa shape index (κ1) is 13.9. The van der Waals surface area contributed by atoms with Gasteiger partial charge in [-0.25, -0.2) is 0 Å². The quantitative estimate of drug-likeness (QED) is 0.473. The maximum atomic E-state index is 8.63. The highest BCUT2D eigenvalue weighted by Gasteiger charge is 2.39. The van der Waals surface area contributed by atoms with Gasteiger partial charge in [-0.3, -0.25) is 5.41 Å². The maximum absolute atomic E-state index is 8.63. The van der Waals surface area contributed by atoms with Gasteiger partial charge in [0.25, 0.3) is 0 Å². The Balaban J connectivity index is 2.08. The smallest absolute Gasteiger partial charge is 0.129 e. The van der Waals surface area contributed by atoms with E-state index in [1.54, 1.807) is 0 Å². The van der Waals surface area contributed by atoms with Gasteiger partial charge in [-0.05, 0) is 39.0 Å².